The second-order valence-electron chi connectivity index (χ2n) is 7.61. The monoisotopic (exact) mass is 537 g/mol. The van der Waals surface area contributed by atoms with Gasteiger partial charge in [0.05, 0.1) is 10.5 Å². The smallest absolute Gasteiger partial charge is 0.315 e. The first kappa shape index (κ1) is 26.4. The maximum absolute atomic E-state index is 11.8. The first-order valence-corrected chi connectivity index (χ1v) is 12.4. The van der Waals surface area contributed by atoms with Gasteiger partial charge < -0.3 is 26.6 Å². The highest BCUT2D eigenvalue weighted by atomic mass is 127. The fourth-order valence-corrected chi connectivity index (χ4v) is 3.50. The van der Waals surface area contributed by atoms with Crippen LogP contribution in [-0.4, -0.2) is 59.9 Å². The molecule has 0 radical (unpaired) electrons. The Morgan fingerprint density at radius 3 is 1.93 bits per heavy atom. The van der Waals surface area contributed by atoms with Crippen molar-refractivity contribution in [3.63, 3.8) is 0 Å². The number of amides is 5. The van der Waals surface area contributed by atoms with Gasteiger partial charge in [-0.2, -0.15) is 0 Å². The quantitative estimate of drug-likeness (QED) is 0.116. The summed E-state index contributed by atoms with van der Waals surface area (Å²) in [7, 11) is 0. The summed E-state index contributed by atoms with van der Waals surface area (Å²) < 4.78 is 0.417. The summed E-state index contributed by atoms with van der Waals surface area (Å²) in [6, 6.07) is 0.264. The number of rotatable bonds is 16. The lowest BCUT2D eigenvalue weighted by Gasteiger charge is -2.13. The van der Waals surface area contributed by atoms with E-state index >= 15 is 0 Å². The molecule has 0 aliphatic carbocycles. The average molecular weight is 537 g/mol. The Hall–Kier alpha value is -1.59. The molecule has 1 heterocycles. The molecule has 172 valence electrons. The van der Waals surface area contributed by atoms with Crippen molar-refractivity contribution < 1.29 is 19.2 Å². The molecule has 0 aromatic heterocycles. The van der Waals surface area contributed by atoms with E-state index in [2.05, 4.69) is 26.6 Å². The summed E-state index contributed by atoms with van der Waals surface area (Å²) >= 11 is 1.99. The molecule has 5 amide bonds. The van der Waals surface area contributed by atoms with Crippen LogP contribution in [0.25, 0.3) is 0 Å². The number of urea groups is 1. The van der Waals surface area contributed by atoms with E-state index in [0.717, 1.165) is 44.9 Å². The zero-order valence-electron chi connectivity index (χ0n) is 17.9. The lowest BCUT2D eigenvalue weighted by atomic mass is 10.0. The molecule has 5 N–H and O–H groups in total. The molecule has 2 atom stereocenters. The Morgan fingerprint density at radius 2 is 1.37 bits per heavy atom. The number of halogens is 1. The third kappa shape index (κ3) is 12.9. The van der Waals surface area contributed by atoms with E-state index in [4.69, 9.17) is 0 Å². The SMILES string of the molecule is C[C@@H]1NC(=O)N[C@@H]1CCCCCC(=O)NCCCCCC(=O)NCCNC(=O)CI. The fraction of sp³-hybridized carbons (Fsp3) is 0.800. The normalized spacial score (nSPS) is 17.7. The Morgan fingerprint density at radius 1 is 0.800 bits per heavy atom. The first-order chi connectivity index (χ1) is 14.4. The Balaban J connectivity index is 1.87. The van der Waals surface area contributed by atoms with Crippen LogP contribution in [0.5, 0.6) is 0 Å². The minimum absolute atomic E-state index is 0.00916. The van der Waals surface area contributed by atoms with Gasteiger partial charge in [-0.05, 0) is 32.6 Å². The highest BCUT2D eigenvalue weighted by Crippen LogP contribution is 2.11. The summed E-state index contributed by atoms with van der Waals surface area (Å²) in [5, 5.41) is 14.1. The molecule has 1 saturated heterocycles. The summed E-state index contributed by atoms with van der Waals surface area (Å²) in [5.41, 5.74) is 0. The number of nitrogens with one attached hydrogen (secondary N) is 5. The van der Waals surface area contributed by atoms with Crippen molar-refractivity contribution in [2.75, 3.05) is 24.1 Å². The molecule has 0 spiro atoms. The molecule has 1 aliphatic rings. The maximum atomic E-state index is 11.8. The highest BCUT2D eigenvalue weighted by Gasteiger charge is 2.26. The van der Waals surface area contributed by atoms with Crippen LogP contribution in [0.1, 0.15) is 64.7 Å². The average Bonchev–Trinajstić information content (AvgIpc) is 3.04. The van der Waals surface area contributed by atoms with Crippen LogP contribution in [-0.2, 0) is 14.4 Å². The van der Waals surface area contributed by atoms with Crippen LogP contribution in [0.2, 0.25) is 0 Å². The van der Waals surface area contributed by atoms with E-state index in [0.29, 0.717) is 36.9 Å². The van der Waals surface area contributed by atoms with Crippen LogP contribution >= 0.6 is 22.6 Å². The molecule has 0 aromatic rings. The molecular weight excluding hydrogens is 501 g/mol. The minimum Gasteiger partial charge on any atom is -0.356 e. The van der Waals surface area contributed by atoms with Gasteiger partial charge in [0.2, 0.25) is 17.7 Å². The molecule has 0 saturated carbocycles. The molecule has 1 aliphatic heterocycles. The minimum atomic E-state index is -0.0929. The molecule has 0 unspecified atom stereocenters. The van der Waals surface area contributed by atoms with Gasteiger partial charge in [0.15, 0.2) is 0 Å². The van der Waals surface area contributed by atoms with Crippen molar-refractivity contribution in [1.29, 1.82) is 0 Å². The predicted molar refractivity (Wildman–Crippen MR) is 124 cm³/mol. The van der Waals surface area contributed by atoms with Gasteiger partial charge >= 0.3 is 6.03 Å². The standard InChI is InChI=1S/C20H36IN5O4/c1-15-16(26-20(30)25-15)8-4-2-5-9-17(27)22-11-7-3-6-10-18(28)23-12-13-24-19(29)14-21/h15-16H,2-14H2,1H3,(H,22,27)(H,23,28)(H,24,29)(H2,25,26,30)/t15-,16+/m0/s1. The molecule has 0 aromatic carbocycles. The number of hydrogen-bond acceptors (Lipinski definition) is 4. The highest BCUT2D eigenvalue weighted by molar-refractivity contribution is 14.1. The molecule has 1 rings (SSSR count). The number of hydrogen-bond donors (Lipinski definition) is 5. The van der Waals surface area contributed by atoms with E-state index in [-0.39, 0.29) is 35.8 Å². The first-order valence-electron chi connectivity index (χ1n) is 10.9. The number of carbonyl (C=O) groups is 4. The molecule has 1 fully saturated rings. The third-order valence-corrected chi connectivity index (χ3v) is 5.68. The van der Waals surface area contributed by atoms with Gasteiger partial charge in [-0.1, -0.05) is 41.9 Å². The van der Waals surface area contributed by atoms with Gasteiger partial charge in [-0.25, -0.2) is 4.79 Å². The summed E-state index contributed by atoms with van der Waals surface area (Å²) in [4.78, 5) is 45.8. The van der Waals surface area contributed by atoms with Gasteiger partial charge in [0, 0.05) is 38.5 Å². The lowest BCUT2D eigenvalue weighted by Crippen LogP contribution is -2.35. The van der Waals surface area contributed by atoms with Crippen molar-refractivity contribution in [2.45, 2.75) is 76.8 Å². The molecular formula is C20H36IN5O4. The second kappa shape index (κ2) is 16.1. The predicted octanol–water partition coefficient (Wildman–Crippen LogP) is 1.35. The van der Waals surface area contributed by atoms with E-state index in [1.807, 2.05) is 29.5 Å². The van der Waals surface area contributed by atoms with Crippen LogP contribution in [0.3, 0.4) is 0 Å². The Bertz CT molecular complexity index is 561. The Kier molecular flexibility index (Phi) is 14.2. The maximum Gasteiger partial charge on any atom is 0.315 e. The van der Waals surface area contributed by atoms with Crippen molar-refractivity contribution >= 4 is 46.3 Å². The van der Waals surface area contributed by atoms with Crippen LogP contribution in [0.4, 0.5) is 4.79 Å². The van der Waals surface area contributed by atoms with Gasteiger partial charge in [-0.15, -0.1) is 0 Å². The van der Waals surface area contributed by atoms with Crippen molar-refractivity contribution in [2.24, 2.45) is 0 Å². The molecule has 9 nitrogen and oxygen atoms in total. The van der Waals surface area contributed by atoms with Gasteiger partial charge in [0.1, 0.15) is 0 Å². The van der Waals surface area contributed by atoms with E-state index < -0.39 is 0 Å². The number of alkyl halides is 1. The van der Waals surface area contributed by atoms with Crippen molar-refractivity contribution in [3.8, 4) is 0 Å². The zero-order chi connectivity index (χ0) is 22.2. The van der Waals surface area contributed by atoms with Crippen LogP contribution < -0.4 is 26.6 Å². The number of carbonyl (C=O) groups excluding carboxylic acids is 4. The second-order valence-corrected chi connectivity index (χ2v) is 8.37. The largest absolute Gasteiger partial charge is 0.356 e. The van der Waals surface area contributed by atoms with Crippen molar-refractivity contribution in [3.05, 3.63) is 0 Å². The van der Waals surface area contributed by atoms with Gasteiger partial charge in [-0.3, -0.25) is 14.4 Å². The molecule has 30 heavy (non-hydrogen) atoms. The Labute approximate surface area is 192 Å². The molecule has 0 bridgehead atoms. The van der Waals surface area contributed by atoms with Crippen molar-refractivity contribution in [1.82, 2.24) is 26.6 Å². The summed E-state index contributed by atoms with van der Waals surface area (Å²) in [6.07, 6.45) is 7.28. The van der Waals surface area contributed by atoms with Crippen LogP contribution in [0, 0.1) is 0 Å². The topological polar surface area (TPSA) is 128 Å². The van der Waals surface area contributed by atoms with E-state index in [1.165, 1.54) is 0 Å². The molecule has 10 heteroatoms. The summed E-state index contributed by atoms with van der Waals surface area (Å²) in [6.45, 7) is 3.53. The lowest BCUT2D eigenvalue weighted by molar-refractivity contribution is -0.122. The fourth-order valence-electron chi connectivity index (χ4n) is 3.23. The van der Waals surface area contributed by atoms with E-state index in [1.54, 1.807) is 0 Å². The van der Waals surface area contributed by atoms with Gasteiger partial charge in [0.25, 0.3) is 0 Å². The van der Waals surface area contributed by atoms with Crippen LogP contribution in [0.15, 0.2) is 0 Å². The zero-order valence-corrected chi connectivity index (χ0v) is 20.0. The third-order valence-electron chi connectivity index (χ3n) is 4.99. The van der Waals surface area contributed by atoms with E-state index in [9.17, 15) is 19.2 Å². The number of unbranched alkanes of at least 4 members (excludes halogenated alkanes) is 4. The summed E-state index contributed by atoms with van der Waals surface area (Å²) in [5.74, 6) is 0.0359.